The molecule has 1 heterocycles. The van der Waals surface area contributed by atoms with Crippen LogP contribution in [-0.4, -0.2) is 60.4 Å². The Hall–Kier alpha value is -3.12. The molecule has 3 rings (SSSR count). The van der Waals surface area contributed by atoms with Gasteiger partial charge in [0.1, 0.15) is 11.5 Å². The number of nitrogens with zero attached hydrogens (tertiary/aromatic N) is 2. The molecule has 0 spiro atoms. The third-order valence-corrected chi connectivity index (χ3v) is 6.00. The molecule has 2 aromatic carbocycles. The van der Waals surface area contributed by atoms with Crippen LogP contribution in [0.2, 0.25) is 0 Å². The Morgan fingerprint density at radius 1 is 1.12 bits per heavy atom. The fraction of sp³-hybridized carbons (Fsp3) is 0.407. The smallest absolute Gasteiger partial charge is 0.295 e. The van der Waals surface area contributed by atoms with E-state index in [1.165, 1.54) is 5.56 Å². The number of aliphatic hydroxyl groups is 1. The first-order valence-corrected chi connectivity index (χ1v) is 11.4. The summed E-state index contributed by atoms with van der Waals surface area (Å²) < 4.78 is 5.60. The van der Waals surface area contributed by atoms with Gasteiger partial charge >= 0.3 is 0 Å². The second kappa shape index (κ2) is 10.2. The molecule has 0 aliphatic carbocycles. The van der Waals surface area contributed by atoms with E-state index >= 15 is 0 Å². The summed E-state index contributed by atoms with van der Waals surface area (Å²) in [7, 11) is 3.84. The van der Waals surface area contributed by atoms with Gasteiger partial charge in [-0.2, -0.15) is 0 Å². The molecular weight excluding hydrogens is 416 g/mol. The van der Waals surface area contributed by atoms with Gasteiger partial charge in [0.05, 0.1) is 18.2 Å². The van der Waals surface area contributed by atoms with E-state index in [2.05, 4.69) is 13.8 Å². The number of hydrogen-bond acceptors (Lipinski definition) is 5. The Morgan fingerprint density at radius 3 is 2.33 bits per heavy atom. The Bertz CT molecular complexity index is 1050. The second-order valence-electron chi connectivity index (χ2n) is 9.03. The van der Waals surface area contributed by atoms with Crippen molar-refractivity contribution in [1.82, 2.24) is 9.80 Å². The number of ether oxygens (including phenoxy) is 1. The molecule has 2 aromatic rings. The quantitative estimate of drug-likeness (QED) is 0.364. The van der Waals surface area contributed by atoms with Crippen molar-refractivity contribution in [2.75, 3.05) is 33.8 Å². The lowest BCUT2D eigenvalue weighted by Crippen LogP contribution is -2.35. The van der Waals surface area contributed by atoms with Crippen LogP contribution in [0, 0.1) is 6.92 Å². The number of Topliss-reactive ketones (excluding diaryl/α,β-unsaturated/α-hetero) is 1. The number of rotatable bonds is 8. The van der Waals surface area contributed by atoms with Crippen molar-refractivity contribution in [2.24, 2.45) is 0 Å². The number of hydrogen-bond donors (Lipinski definition) is 1. The summed E-state index contributed by atoms with van der Waals surface area (Å²) >= 11 is 0. The van der Waals surface area contributed by atoms with Gasteiger partial charge in [-0.15, -0.1) is 0 Å². The molecule has 0 saturated carbocycles. The van der Waals surface area contributed by atoms with Crippen molar-refractivity contribution in [2.45, 2.75) is 39.7 Å². The predicted molar refractivity (Wildman–Crippen MR) is 130 cm³/mol. The maximum atomic E-state index is 13.1. The Balaban J connectivity index is 2.12. The summed E-state index contributed by atoms with van der Waals surface area (Å²) in [4.78, 5) is 29.7. The topological polar surface area (TPSA) is 70.1 Å². The van der Waals surface area contributed by atoms with Gasteiger partial charge in [-0.3, -0.25) is 9.59 Å². The lowest BCUT2D eigenvalue weighted by atomic mass is 9.93. The number of amides is 1. The number of likely N-dealkylation sites (N-methyl/N-ethyl adjacent to an activating group) is 1. The zero-order chi connectivity index (χ0) is 24.3. The highest BCUT2D eigenvalue weighted by molar-refractivity contribution is 6.46. The third-order valence-electron chi connectivity index (χ3n) is 6.00. The Morgan fingerprint density at radius 2 is 1.79 bits per heavy atom. The number of ketones is 1. The molecule has 0 aromatic heterocycles. The molecule has 1 fully saturated rings. The average molecular weight is 451 g/mol. The summed E-state index contributed by atoms with van der Waals surface area (Å²) in [6.07, 6.45) is 0. The molecule has 1 saturated heterocycles. The van der Waals surface area contributed by atoms with E-state index < -0.39 is 17.7 Å². The van der Waals surface area contributed by atoms with Crippen LogP contribution < -0.4 is 4.74 Å². The minimum absolute atomic E-state index is 0.125. The predicted octanol–water partition coefficient (Wildman–Crippen LogP) is 4.50. The summed E-state index contributed by atoms with van der Waals surface area (Å²) in [5.41, 5.74) is 3.44. The van der Waals surface area contributed by atoms with Crippen LogP contribution in [0.5, 0.6) is 5.75 Å². The van der Waals surface area contributed by atoms with E-state index in [0.29, 0.717) is 31.2 Å². The van der Waals surface area contributed by atoms with Crippen molar-refractivity contribution < 1.29 is 19.4 Å². The number of carbonyl (C=O) groups is 2. The lowest BCUT2D eigenvalue weighted by Gasteiger charge is -2.27. The maximum Gasteiger partial charge on any atom is 0.295 e. The van der Waals surface area contributed by atoms with Crippen molar-refractivity contribution in [3.8, 4) is 5.75 Å². The van der Waals surface area contributed by atoms with Crippen LogP contribution in [0.4, 0.5) is 0 Å². The first-order chi connectivity index (χ1) is 15.6. The van der Waals surface area contributed by atoms with Gasteiger partial charge < -0.3 is 19.6 Å². The zero-order valence-corrected chi connectivity index (χ0v) is 20.4. The standard InChI is InChI=1S/C27H34N2O4/c1-7-33-22-13-12-21(16-18(22)4)25(30)23-24(20-10-8-19(9-11-20)17(2)3)29(15-14-28(5)6)27(32)26(23)31/h8-13,16-17,24,30H,7,14-15H2,1-6H3/b25-23+. The number of likely N-dealkylation sites (tertiary alicyclic amines) is 1. The Labute approximate surface area is 196 Å². The molecule has 6 nitrogen and oxygen atoms in total. The van der Waals surface area contributed by atoms with Gasteiger partial charge in [0.25, 0.3) is 11.7 Å². The number of carbonyl (C=O) groups excluding carboxylic acids is 2. The molecule has 0 radical (unpaired) electrons. The number of benzene rings is 2. The van der Waals surface area contributed by atoms with Crippen molar-refractivity contribution in [1.29, 1.82) is 0 Å². The van der Waals surface area contributed by atoms with E-state index in [4.69, 9.17) is 4.74 Å². The van der Waals surface area contributed by atoms with Gasteiger partial charge in [-0.25, -0.2) is 0 Å². The van der Waals surface area contributed by atoms with Crippen LogP contribution in [-0.2, 0) is 9.59 Å². The molecule has 6 heteroatoms. The Kier molecular flexibility index (Phi) is 7.59. The molecule has 1 unspecified atom stereocenters. The van der Waals surface area contributed by atoms with E-state index in [0.717, 1.165) is 16.9 Å². The third kappa shape index (κ3) is 5.11. The van der Waals surface area contributed by atoms with E-state index in [1.54, 1.807) is 23.1 Å². The minimum atomic E-state index is -0.657. The molecule has 33 heavy (non-hydrogen) atoms. The zero-order valence-electron chi connectivity index (χ0n) is 20.4. The van der Waals surface area contributed by atoms with Crippen LogP contribution in [0.3, 0.4) is 0 Å². The van der Waals surface area contributed by atoms with Gasteiger partial charge in [-0.1, -0.05) is 38.1 Å². The van der Waals surface area contributed by atoms with Crippen LogP contribution in [0.1, 0.15) is 55.0 Å². The van der Waals surface area contributed by atoms with Crippen molar-refractivity contribution >= 4 is 17.4 Å². The molecular formula is C27H34N2O4. The highest BCUT2D eigenvalue weighted by Gasteiger charge is 2.45. The highest BCUT2D eigenvalue weighted by atomic mass is 16.5. The number of aryl methyl sites for hydroxylation is 1. The SMILES string of the molecule is CCOc1ccc(/C(O)=C2\C(=O)C(=O)N(CCN(C)C)C2c2ccc(C(C)C)cc2)cc1C. The summed E-state index contributed by atoms with van der Waals surface area (Å²) in [5, 5.41) is 11.3. The van der Waals surface area contributed by atoms with Crippen molar-refractivity contribution in [3.63, 3.8) is 0 Å². The fourth-order valence-electron chi connectivity index (χ4n) is 4.10. The first-order valence-electron chi connectivity index (χ1n) is 11.4. The molecule has 1 aliphatic rings. The van der Waals surface area contributed by atoms with Gasteiger partial charge in [0.15, 0.2) is 0 Å². The molecule has 0 bridgehead atoms. The monoisotopic (exact) mass is 450 g/mol. The molecule has 1 N–H and O–H groups in total. The lowest BCUT2D eigenvalue weighted by molar-refractivity contribution is -0.140. The summed E-state index contributed by atoms with van der Waals surface area (Å²) in [6, 6.07) is 12.6. The normalized spacial score (nSPS) is 17.9. The highest BCUT2D eigenvalue weighted by Crippen LogP contribution is 2.40. The molecule has 176 valence electrons. The van der Waals surface area contributed by atoms with Crippen LogP contribution in [0.15, 0.2) is 48.0 Å². The van der Waals surface area contributed by atoms with E-state index in [-0.39, 0.29) is 11.3 Å². The van der Waals surface area contributed by atoms with E-state index in [9.17, 15) is 14.7 Å². The molecule has 1 atom stereocenters. The average Bonchev–Trinajstić information content (AvgIpc) is 3.03. The largest absolute Gasteiger partial charge is 0.507 e. The van der Waals surface area contributed by atoms with Crippen LogP contribution >= 0.6 is 0 Å². The second-order valence-corrected chi connectivity index (χ2v) is 9.03. The minimum Gasteiger partial charge on any atom is -0.507 e. The molecule has 1 amide bonds. The van der Waals surface area contributed by atoms with Crippen LogP contribution in [0.25, 0.3) is 5.76 Å². The first kappa shape index (κ1) is 24.5. The van der Waals surface area contributed by atoms with Gasteiger partial charge in [-0.05, 0) is 68.8 Å². The summed E-state index contributed by atoms with van der Waals surface area (Å²) in [6.45, 7) is 9.56. The van der Waals surface area contributed by atoms with E-state index in [1.807, 2.05) is 57.1 Å². The maximum absolute atomic E-state index is 13.1. The molecule has 1 aliphatic heterocycles. The summed E-state index contributed by atoms with van der Waals surface area (Å²) in [5.74, 6) is -0.313. The fourth-order valence-corrected chi connectivity index (χ4v) is 4.10. The van der Waals surface area contributed by atoms with Gasteiger partial charge in [0, 0.05) is 18.7 Å². The number of aliphatic hydroxyl groups excluding tert-OH is 1. The van der Waals surface area contributed by atoms with Gasteiger partial charge in [0.2, 0.25) is 0 Å². The van der Waals surface area contributed by atoms with Crippen molar-refractivity contribution in [3.05, 3.63) is 70.3 Å².